The average molecular weight is 322 g/mol. The Morgan fingerprint density at radius 3 is 2.50 bits per heavy atom. The molecule has 1 atom stereocenters. The molecular weight excluding hydrogens is 300 g/mol. The number of nitrogens with zero attached hydrogens (tertiary/aromatic N) is 1. The minimum absolute atomic E-state index is 0.000934. The molecule has 2 aliphatic heterocycles. The van der Waals surface area contributed by atoms with Crippen LogP contribution < -0.4 is 5.32 Å². The molecule has 2 saturated heterocycles. The van der Waals surface area contributed by atoms with Crippen LogP contribution >= 0.6 is 0 Å². The lowest BCUT2D eigenvalue weighted by Crippen LogP contribution is -2.47. The zero-order chi connectivity index (χ0) is 16.5. The molecule has 2 aromatic carbocycles. The van der Waals surface area contributed by atoms with Crippen LogP contribution in [0.2, 0.25) is 0 Å². The van der Waals surface area contributed by atoms with E-state index in [0.29, 0.717) is 18.8 Å². The third-order valence-corrected chi connectivity index (χ3v) is 5.36. The summed E-state index contributed by atoms with van der Waals surface area (Å²) < 4.78 is 0. The Bertz CT molecular complexity index is 773. The second-order valence-electron chi connectivity index (χ2n) is 6.83. The van der Waals surface area contributed by atoms with Gasteiger partial charge in [0.2, 0.25) is 11.8 Å². The Balaban J connectivity index is 1.46. The fraction of sp³-hybridized carbons (Fsp3) is 0.400. The van der Waals surface area contributed by atoms with Crippen molar-refractivity contribution in [3.63, 3.8) is 0 Å². The van der Waals surface area contributed by atoms with E-state index in [2.05, 4.69) is 47.8 Å². The maximum Gasteiger partial charge on any atom is 0.245 e. The van der Waals surface area contributed by atoms with Crippen molar-refractivity contribution in [2.45, 2.75) is 37.6 Å². The first kappa shape index (κ1) is 15.2. The second-order valence-corrected chi connectivity index (χ2v) is 6.83. The topological polar surface area (TPSA) is 49.4 Å². The number of carbonyl (C=O) groups excluding carboxylic acids is 2. The average Bonchev–Trinajstić information content (AvgIpc) is 3.07. The van der Waals surface area contributed by atoms with Crippen molar-refractivity contribution in [3.8, 4) is 0 Å². The highest BCUT2D eigenvalue weighted by molar-refractivity contribution is 5.91. The second kappa shape index (κ2) is 6.27. The highest BCUT2D eigenvalue weighted by atomic mass is 16.2. The molecule has 4 nitrogen and oxygen atoms in total. The van der Waals surface area contributed by atoms with Crippen LogP contribution in [-0.2, 0) is 9.59 Å². The molecule has 24 heavy (non-hydrogen) atoms. The Morgan fingerprint density at radius 1 is 1.00 bits per heavy atom. The number of hydrogen-bond acceptors (Lipinski definition) is 2. The molecule has 2 aromatic rings. The van der Waals surface area contributed by atoms with Crippen LogP contribution in [0.15, 0.2) is 42.5 Å². The molecule has 4 heteroatoms. The number of fused-ring (bicyclic) bond motifs is 1. The van der Waals surface area contributed by atoms with Gasteiger partial charge >= 0.3 is 0 Å². The van der Waals surface area contributed by atoms with Gasteiger partial charge in [0.05, 0.1) is 0 Å². The zero-order valence-electron chi connectivity index (χ0n) is 13.7. The Kier molecular flexibility index (Phi) is 3.97. The van der Waals surface area contributed by atoms with Gasteiger partial charge in [-0.2, -0.15) is 0 Å². The van der Waals surface area contributed by atoms with E-state index < -0.39 is 0 Å². The fourth-order valence-electron chi connectivity index (χ4n) is 4.04. The summed E-state index contributed by atoms with van der Waals surface area (Å²) in [7, 11) is 0. The first-order valence-corrected chi connectivity index (χ1v) is 8.78. The molecular formula is C20H22N2O2. The molecule has 4 rings (SSSR count). The van der Waals surface area contributed by atoms with E-state index in [9.17, 15) is 9.59 Å². The molecule has 2 heterocycles. The van der Waals surface area contributed by atoms with Crippen LogP contribution in [0, 0.1) is 0 Å². The van der Waals surface area contributed by atoms with Gasteiger partial charge in [-0.15, -0.1) is 0 Å². The van der Waals surface area contributed by atoms with Gasteiger partial charge in [0, 0.05) is 19.5 Å². The van der Waals surface area contributed by atoms with Gasteiger partial charge in [-0.25, -0.2) is 0 Å². The van der Waals surface area contributed by atoms with Gasteiger partial charge in [-0.3, -0.25) is 9.59 Å². The number of rotatable bonds is 2. The summed E-state index contributed by atoms with van der Waals surface area (Å²) >= 11 is 0. The van der Waals surface area contributed by atoms with Crippen molar-refractivity contribution in [1.82, 2.24) is 10.2 Å². The minimum atomic E-state index is -0.299. The predicted octanol–water partition coefficient (Wildman–Crippen LogP) is 2.82. The SMILES string of the molecule is O=C1CC[C@@H](C(=O)N2CCC(c3cccc4ccccc34)CC2)N1. The standard InChI is InChI=1S/C20H22N2O2/c23-19-9-8-18(21-19)20(24)22-12-10-15(11-13-22)17-7-3-5-14-4-1-2-6-16(14)17/h1-7,15,18H,8-13H2,(H,21,23)/t18-/m0/s1. The molecule has 1 N–H and O–H groups in total. The lowest BCUT2D eigenvalue weighted by Gasteiger charge is -2.34. The molecule has 0 bridgehead atoms. The van der Waals surface area contributed by atoms with E-state index in [1.165, 1.54) is 16.3 Å². The number of likely N-dealkylation sites (tertiary alicyclic amines) is 1. The number of piperidine rings is 1. The molecule has 0 radical (unpaired) electrons. The highest BCUT2D eigenvalue weighted by Gasteiger charge is 2.33. The normalized spacial score (nSPS) is 21.9. The van der Waals surface area contributed by atoms with Crippen LogP contribution in [0.4, 0.5) is 0 Å². The summed E-state index contributed by atoms with van der Waals surface area (Å²) in [6.07, 6.45) is 3.09. The highest BCUT2D eigenvalue weighted by Crippen LogP contribution is 2.33. The van der Waals surface area contributed by atoms with Gasteiger partial charge in [0.15, 0.2) is 0 Å². The summed E-state index contributed by atoms with van der Waals surface area (Å²) in [4.78, 5) is 25.8. The Hall–Kier alpha value is -2.36. The monoisotopic (exact) mass is 322 g/mol. The van der Waals surface area contributed by atoms with E-state index in [0.717, 1.165) is 25.9 Å². The van der Waals surface area contributed by atoms with Crippen LogP contribution in [0.25, 0.3) is 10.8 Å². The van der Waals surface area contributed by atoms with E-state index in [4.69, 9.17) is 0 Å². The molecule has 2 aliphatic rings. The third kappa shape index (κ3) is 2.77. The van der Waals surface area contributed by atoms with Crippen molar-refractivity contribution >= 4 is 22.6 Å². The van der Waals surface area contributed by atoms with Crippen LogP contribution in [0.5, 0.6) is 0 Å². The maximum absolute atomic E-state index is 12.5. The van der Waals surface area contributed by atoms with E-state index in [-0.39, 0.29) is 17.9 Å². The van der Waals surface area contributed by atoms with Crippen molar-refractivity contribution in [1.29, 1.82) is 0 Å². The van der Waals surface area contributed by atoms with Gasteiger partial charge in [0.25, 0.3) is 0 Å². The maximum atomic E-state index is 12.5. The lowest BCUT2D eigenvalue weighted by atomic mass is 9.86. The van der Waals surface area contributed by atoms with Crippen molar-refractivity contribution in [3.05, 3.63) is 48.0 Å². The Morgan fingerprint density at radius 2 is 1.75 bits per heavy atom. The van der Waals surface area contributed by atoms with E-state index >= 15 is 0 Å². The summed E-state index contributed by atoms with van der Waals surface area (Å²) in [5, 5.41) is 5.39. The summed E-state index contributed by atoms with van der Waals surface area (Å²) in [5.41, 5.74) is 1.40. The molecule has 124 valence electrons. The van der Waals surface area contributed by atoms with Crippen molar-refractivity contribution in [2.24, 2.45) is 0 Å². The van der Waals surface area contributed by atoms with Crippen LogP contribution in [-0.4, -0.2) is 35.8 Å². The quantitative estimate of drug-likeness (QED) is 0.924. The number of hydrogen-bond donors (Lipinski definition) is 1. The molecule has 0 aromatic heterocycles. The van der Waals surface area contributed by atoms with Gasteiger partial charge < -0.3 is 10.2 Å². The number of nitrogens with one attached hydrogen (secondary N) is 1. The summed E-state index contributed by atoms with van der Waals surface area (Å²) in [5.74, 6) is 0.592. The summed E-state index contributed by atoms with van der Waals surface area (Å²) in [6.45, 7) is 1.55. The van der Waals surface area contributed by atoms with Gasteiger partial charge in [-0.1, -0.05) is 42.5 Å². The largest absolute Gasteiger partial charge is 0.344 e. The third-order valence-electron chi connectivity index (χ3n) is 5.36. The number of benzene rings is 2. The first-order chi connectivity index (χ1) is 11.7. The number of amides is 2. The predicted molar refractivity (Wildman–Crippen MR) is 93.7 cm³/mol. The van der Waals surface area contributed by atoms with Crippen LogP contribution in [0.1, 0.15) is 37.2 Å². The molecule has 2 amide bonds. The minimum Gasteiger partial charge on any atom is -0.344 e. The van der Waals surface area contributed by atoms with Crippen LogP contribution in [0.3, 0.4) is 0 Å². The molecule has 0 aliphatic carbocycles. The molecule has 2 fully saturated rings. The van der Waals surface area contributed by atoms with Gasteiger partial charge in [-0.05, 0) is 41.5 Å². The van der Waals surface area contributed by atoms with Crippen molar-refractivity contribution < 1.29 is 9.59 Å². The summed E-state index contributed by atoms with van der Waals surface area (Å²) in [6, 6.07) is 14.7. The molecule has 0 spiro atoms. The smallest absolute Gasteiger partial charge is 0.245 e. The van der Waals surface area contributed by atoms with Crippen molar-refractivity contribution in [2.75, 3.05) is 13.1 Å². The Labute approximate surface area is 141 Å². The van der Waals surface area contributed by atoms with E-state index in [1.807, 2.05) is 4.90 Å². The van der Waals surface area contributed by atoms with Gasteiger partial charge in [0.1, 0.15) is 6.04 Å². The van der Waals surface area contributed by atoms with E-state index in [1.54, 1.807) is 0 Å². The fourth-order valence-corrected chi connectivity index (χ4v) is 4.04. The number of carbonyl (C=O) groups is 2. The first-order valence-electron chi connectivity index (χ1n) is 8.78. The molecule has 0 saturated carbocycles. The molecule has 0 unspecified atom stereocenters. The zero-order valence-corrected chi connectivity index (χ0v) is 13.7. The lowest BCUT2D eigenvalue weighted by molar-refractivity contribution is -0.135.